The summed E-state index contributed by atoms with van der Waals surface area (Å²) < 4.78 is 0. The van der Waals surface area contributed by atoms with E-state index in [1.165, 1.54) is 0 Å². The van der Waals surface area contributed by atoms with Gasteiger partial charge in [-0.05, 0) is 25.7 Å². The van der Waals surface area contributed by atoms with Crippen LogP contribution in [0.3, 0.4) is 0 Å². The lowest BCUT2D eigenvalue weighted by Gasteiger charge is -2.13. The Morgan fingerprint density at radius 3 is 2.57 bits per heavy atom. The number of carbonyl (C=O) groups is 2. The van der Waals surface area contributed by atoms with Crippen LogP contribution in [0.4, 0.5) is 0 Å². The molecule has 0 aromatic carbocycles. The van der Waals surface area contributed by atoms with E-state index in [-0.39, 0.29) is 0 Å². The second-order valence-corrected chi connectivity index (χ2v) is 3.55. The molecule has 1 unspecified atom stereocenters. The summed E-state index contributed by atoms with van der Waals surface area (Å²) in [5.41, 5.74) is 0.357. The monoisotopic (exact) mass is 198 g/mol. The highest BCUT2D eigenvalue weighted by molar-refractivity contribution is 5.86. The van der Waals surface area contributed by atoms with Gasteiger partial charge in [-0.25, -0.2) is 4.79 Å². The second-order valence-electron chi connectivity index (χ2n) is 3.55. The van der Waals surface area contributed by atoms with E-state index in [4.69, 9.17) is 10.2 Å². The first-order chi connectivity index (χ1) is 6.61. The third kappa shape index (κ3) is 2.87. The molecular formula is C10H14O4. The zero-order chi connectivity index (χ0) is 10.6. The summed E-state index contributed by atoms with van der Waals surface area (Å²) in [4.78, 5) is 21.4. The van der Waals surface area contributed by atoms with Crippen molar-refractivity contribution in [3.05, 3.63) is 11.6 Å². The summed E-state index contributed by atoms with van der Waals surface area (Å²) in [6.07, 6.45) is 4.67. The number of hydrogen-bond donors (Lipinski definition) is 2. The van der Waals surface area contributed by atoms with Crippen LogP contribution in [0, 0.1) is 5.92 Å². The van der Waals surface area contributed by atoms with Gasteiger partial charge in [0.25, 0.3) is 0 Å². The highest BCUT2D eigenvalue weighted by Gasteiger charge is 2.19. The molecule has 0 radical (unpaired) electrons. The number of allylic oxidation sites excluding steroid dienone is 1. The van der Waals surface area contributed by atoms with E-state index >= 15 is 0 Å². The fourth-order valence-electron chi connectivity index (χ4n) is 1.63. The van der Waals surface area contributed by atoms with Crippen molar-refractivity contribution in [3.8, 4) is 0 Å². The van der Waals surface area contributed by atoms with Crippen molar-refractivity contribution in [2.75, 3.05) is 0 Å². The third-order valence-electron chi connectivity index (χ3n) is 2.52. The average molecular weight is 198 g/mol. The minimum absolute atomic E-state index is 0.344. The van der Waals surface area contributed by atoms with Gasteiger partial charge in [-0.15, -0.1) is 0 Å². The number of rotatable bonds is 2. The largest absolute Gasteiger partial charge is 0.481 e. The maximum absolute atomic E-state index is 10.7. The van der Waals surface area contributed by atoms with Crippen molar-refractivity contribution in [1.82, 2.24) is 0 Å². The fraction of sp³-hybridized carbons (Fsp3) is 0.600. The minimum Gasteiger partial charge on any atom is -0.481 e. The van der Waals surface area contributed by atoms with Crippen molar-refractivity contribution < 1.29 is 19.8 Å². The smallest absolute Gasteiger partial charge is 0.331 e. The lowest BCUT2D eigenvalue weighted by atomic mass is 9.92. The molecule has 0 bridgehead atoms. The average Bonchev–Trinajstić information content (AvgIpc) is 2.01. The molecule has 0 heterocycles. The van der Waals surface area contributed by atoms with Gasteiger partial charge in [0.05, 0.1) is 5.92 Å². The molecule has 0 aromatic rings. The molecule has 1 aliphatic carbocycles. The summed E-state index contributed by atoms with van der Waals surface area (Å²) >= 11 is 0. The van der Waals surface area contributed by atoms with Crippen LogP contribution >= 0.6 is 0 Å². The summed E-state index contributed by atoms with van der Waals surface area (Å²) in [7, 11) is 0. The summed E-state index contributed by atoms with van der Waals surface area (Å²) in [6, 6.07) is 0. The molecule has 0 fully saturated rings. The molecule has 4 nitrogen and oxygen atoms in total. The lowest BCUT2D eigenvalue weighted by molar-refractivity contribution is -0.142. The van der Waals surface area contributed by atoms with Crippen LogP contribution < -0.4 is 0 Å². The Morgan fingerprint density at radius 2 is 2.00 bits per heavy atom. The number of carboxylic acids is 2. The predicted octanol–water partition coefficient (Wildman–Crippen LogP) is 1.66. The van der Waals surface area contributed by atoms with Gasteiger partial charge in [-0.3, -0.25) is 4.79 Å². The number of aliphatic carboxylic acids is 2. The van der Waals surface area contributed by atoms with Gasteiger partial charge in [0.1, 0.15) is 0 Å². The Hall–Kier alpha value is -1.32. The van der Waals surface area contributed by atoms with Crippen LogP contribution in [0.25, 0.3) is 0 Å². The molecular weight excluding hydrogens is 184 g/mol. The van der Waals surface area contributed by atoms with Gasteiger partial charge in [-0.1, -0.05) is 12.5 Å². The Balaban J connectivity index is 2.69. The van der Waals surface area contributed by atoms with Crippen molar-refractivity contribution in [3.63, 3.8) is 0 Å². The van der Waals surface area contributed by atoms with Crippen LogP contribution in [0.1, 0.15) is 32.1 Å². The summed E-state index contributed by atoms with van der Waals surface area (Å²) in [5, 5.41) is 17.6. The van der Waals surface area contributed by atoms with Crippen LogP contribution in [0.2, 0.25) is 0 Å². The molecule has 0 aliphatic heterocycles. The summed E-state index contributed by atoms with van der Waals surface area (Å²) in [5.74, 6) is -2.16. The Bertz CT molecular complexity index is 267. The zero-order valence-corrected chi connectivity index (χ0v) is 7.90. The lowest BCUT2D eigenvalue weighted by Crippen LogP contribution is -2.15. The first-order valence-corrected chi connectivity index (χ1v) is 4.76. The fourth-order valence-corrected chi connectivity index (χ4v) is 1.63. The standard InChI is InChI=1S/C10H14O4/c11-9(12)7-3-1-2-4-8(6-5-7)10(13)14/h5,8H,1-4,6H2,(H,11,12)(H,13,14)/b7-5+. The van der Waals surface area contributed by atoms with Crippen LogP contribution in [0.15, 0.2) is 11.6 Å². The zero-order valence-electron chi connectivity index (χ0n) is 7.90. The van der Waals surface area contributed by atoms with Gasteiger partial charge in [0.2, 0.25) is 0 Å². The van der Waals surface area contributed by atoms with E-state index in [9.17, 15) is 9.59 Å². The van der Waals surface area contributed by atoms with Crippen LogP contribution in [0.5, 0.6) is 0 Å². The van der Waals surface area contributed by atoms with E-state index in [0.717, 1.165) is 12.8 Å². The van der Waals surface area contributed by atoms with Gasteiger partial charge in [-0.2, -0.15) is 0 Å². The van der Waals surface area contributed by atoms with E-state index < -0.39 is 17.9 Å². The molecule has 1 aliphatic rings. The van der Waals surface area contributed by atoms with Crippen molar-refractivity contribution in [2.24, 2.45) is 5.92 Å². The summed E-state index contributed by atoms with van der Waals surface area (Å²) in [6.45, 7) is 0. The topological polar surface area (TPSA) is 74.6 Å². The third-order valence-corrected chi connectivity index (χ3v) is 2.52. The first kappa shape index (κ1) is 10.8. The normalized spacial score (nSPS) is 26.9. The minimum atomic E-state index is -0.920. The maximum Gasteiger partial charge on any atom is 0.331 e. The Morgan fingerprint density at radius 1 is 1.29 bits per heavy atom. The van der Waals surface area contributed by atoms with Crippen LogP contribution in [-0.2, 0) is 9.59 Å². The molecule has 0 amide bonds. The van der Waals surface area contributed by atoms with Gasteiger partial charge in [0.15, 0.2) is 0 Å². The number of hydrogen-bond acceptors (Lipinski definition) is 2. The number of carboxylic acid groups (broad SMARTS) is 2. The predicted molar refractivity (Wildman–Crippen MR) is 49.9 cm³/mol. The van der Waals surface area contributed by atoms with E-state index in [2.05, 4.69) is 0 Å². The van der Waals surface area contributed by atoms with Gasteiger partial charge in [0, 0.05) is 5.57 Å². The Kier molecular flexibility index (Phi) is 3.68. The maximum atomic E-state index is 10.7. The first-order valence-electron chi connectivity index (χ1n) is 4.76. The molecule has 0 saturated carbocycles. The molecule has 78 valence electrons. The highest BCUT2D eigenvalue weighted by Crippen LogP contribution is 2.21. The molecule has 4 heteroatoms. The van der Waals surface area contributed by atoms with E-state index in [1.807, 2.05) is 0 Å². The Labute approximate surface area is 82.2 Å². The molecule has 1 rings (SSSR count). The van der Waals surface area contributed by atoms with E-state index in [1.54, 1.807) is 6.08 Å². The van der Waals surface area contributed by atoms with Gasteiger partial charge < -0.3 is 10.2 Å². The molecule has 0 saturated heterocycles. The molecule has 0 aromatic heterocycles. The molecule has 0 spiro atoms. The second kappa shape index (κ2) is 4.79. The SMILES string of the molecule is O=C(O)/C1=C/CC(C(=O)O)CCCC1. The van der Waals surface area contributed by atoms with Crippen LogP contribution in [-0.4, -0.2) is 22.2 Å². The van der Waals surface area contributed by atoms with E-state index in [0.29, 0.717) is 24.8 Å². The molecule has 1 atom stereocenters. The quantitative estimate of drug-likeness (QED) is 0.707. The van der Waals surface area contributed by atoms with Crippen molar-refractivity contribution in [1.29, 1.82) is 0 Å². The molecule has 14 heavy (non-hydrogen) atoms. The van der Waals surface area contributed by atoms with Crippen molar-refractivity contribution in [2.45, 2.75) is 32.1 Å². The van der Waals surface area contributed by atoms with Gasteiger partial charge >= 0.3 is 11.9 Å². The van der Waals surface area contributed by atoms with Crippen molar-refractivity contribution >= 4 is 11.9 Å². The highest BCUT2D eigenvalue weighted by atomic mass is 16.4. The molecule has 2 N–H and O–H groups in total.